The lowest BCUT2D eigenvalue weighted by molar-refractivity contribution is 0.450. The van der Waals surface area contributed by atoms with Crippen LogP contribution in [-0.4, -0.2) is 26.8 Å². The molecule has 0 amide bonds. The largest absolute Gasteiger partial charge is 0.308 e. The zero-order chi connectivity index (χ0) is 12.0. The molecule has 0 aromatic carbocycles. The quantitative estimate of drug-likeness (QED) is 0.768. The Morgan fingerprint density at radius 2 is 2.06 bits per heavy atom. The molecule has 0 saturated heterocycles. The van der Waals surface area contributed by atoms with Gasteiger partial charge in [-0.2, -0.15) is 0 Å². The molecule has 16 heavy (non-hydrogen) atoms. The minimum Gasteiger partial charge on any atom is -0.308 e. The summed E-state index contributed by atoms with van der Waals surface area (Å²) in [6, 6.07) is 0.221. The molecule has 1 aromatic rings. The minimum atomic E-state index is 0.221. The SMILES string of the molecule is CCNC(C)c1nnnn1CCCC(C)C. The molecule has 5 nitrogen and oxygen atoms in total. The maximum absolute atomic E-state index is 4.07. The van der Waals surface area contributed by atoms with Gasteiger partial charge in [0.1, 0.15) is 0 Å². The summed E-state index contributed by atoms with van der Waals surface area (Å²) in [5, 5.41) is 15.2. The van der Waals surface area contributed by atoms with Crippen LogP contribution in [0.2, 0.25) is 0 Å². The van der Waals surface area contributed by atoms with Crippen LogP contribution < -0.4 is 5.32 Å². The van der Waals surface area contributed by atoms with Gasteiger partial charge in [0.15, 0.2) is 5.82 Å². The monoisotopic (exact) mass is 225 g/mol. The lowest BCUT2D eigenvalue weighted by Crippen LogP contribution is -2.22. The van der Waals surface area contributed by atoms with Crippen LogP contribution in [0.5, 0.6) is 0 Å². The summed E-state index contributed by atoms with van der Waals surface area (Å²) in [6.07, 6.45) is 2.35. The molecule has 1 heterocycles. The Morgan fingerprint density at radius 3 is 2.69 bits per heavy atom. The molecule has 5 heteroatoms. The second-order valence-corrected chi connectivity index (χ2v) is 4.58. The van der Waals surface area contributed by atoms with Crippen molar-refractivity contribution in [3.05, 3.63) is 5.82 Å². The van der Waals surface area contributed by atoms with E-state index in [4.69, 9.17) is 0 Å². The Labute approximate surface area is 97.6 Å². The molecule has 0 radical (unpaired) electrons. The number of aryl methyl sites for hydroxylation is 1. The van der Waals surface area contributed by atoms with Crippen LogP contribution in [0, 0.1) is 5.92 Å². The third-order valence-corrected chi connectivity index (χ3v) is 2.61. The third-order valence-electron chi connectivity index (χ3n) is 2.61. The lowest BCUT2D eigenvalue weighted by Gasteiger charge is -2.12. The van der Waals surface area contributed by atoms with Gasteiger partial charge in [-0.1, -0.05) is 20.8 Å². The average molecular weight is 225 g/mol. The summed E-state index contributed by atoms with van der Waals surface area (Å²) in [7, 11) is 0. The summed E-state index contributed by atoms with van der Waals surface area (Å²) in [5.41, 5.74) is 0. The second-order valence-electron chi connectivity index (χ2n) is 4.58. The number of nitrogens with one attached hydrogen (secondary N) is 1. The molecule has 1 rings (SSSR count). The standard InChI is InChI=1S/C11H23N5/c1-5-12-10(4)11-13-14-15-16(11)8-6-7-9(2)3/h9-10,12H,5-8H2,1-4H3. The molecule has 0 spiro atoms. The molecule has 0 saturated carbocycles. The highest BCUT2D eigenvalue weighted by atomic mass is 15.5. The van der Waals surface area contributed by atoms with Crippen molar-refractivity contribution in [1.82, 2.24) is 25.5 Å². The normalized spacial score (nSPS) is 13.3. The second kappa shape index (κ2) is 6.58. The van der Waals surface area contributed by atoms with Crippen molar-refractivity contribution < 1.29 is 0 Å². The summed E-state index contributed by atoms with van der Waals surface area (Å²) in [4.78, 5) is 0. The lowest BCUT2D eigenvalue weighted by atomic mass is 10.1. The van der Waals surface area contributed by atoms with Gasteiger partial charge in [0.05, 0.1) is 6.04 Å². The minimum absolute atomic E-state index is 0.221. The molecular formula is C11H23N5. The van der Waals surface area contributed by atoms with Crippen LogP contribution in [0.4, 0.5) is 0 Å². The van der Waals surface area contributed by atoms with Crippen molar-refractivity contribution in [2.45, 2.75) is 53.1 Å². The van der Waals surface area contributed by atoms with E-state index in [9.17, 15) is 0 Å². The fourth-order valence-corrected chi connectivity index (χ4v) is 1.73. The molecule has 0 aliphatic heterocycles. The van der Waals surface area contributed by atoms with Crippen molar-refractivity contribution in [3.63, 3.8) is 0 Å². The number of rotatable bonds is 7. The Balaban J connectivity index is 2.50. The summed E-state index contributed by atoms with van der Waals surface area (Å²) < 4.78 is 1.91. The number of nitrogens with zero attached hydrogens (tertiary/aromatic N) is 4. The average Bonchev–Trinajstić information content (AvgIpc) is 2.66. The molecule has 1 atom stereocenters. The van der Waals surface area contributed by atoms with Crippen LogP contribution in [0.3, 0.4) is 0 Å². The Hall–Kier alpha value is -0.970. The molecule has 92 valence electrons. The van der Waals surface area contributed by atoms with E-state index in [1.54, 1.807) is 0 Å². The van der Waals surface area contributed by atoms with Crippen LogP contribution in [-0.2, 0) is 6.54 Å². The van der Waals surface area contributed by atoms with Gasteiger partial charge in [0, 0.05) is 6.54 Å². The molecule has 0 aliphatic carbocycles. The molecule has 0 bridgehead atoms. The maximum atomic E-state index is 4.07. The fraction of sp³-hybridized carbons (Fsp3) is 0.909. The van der Waals surface area contributed by atoms with Gasteiger partial charge in [-0.3, -0.25) is 0 Å². The molecule has 1 unspecified atom stereocenters. The highest BCUT2D eigenvalue weighted by molar-refractivity contribution is 4.89. The highest BCUT2D eigenvalue weighted by Crippen LogP contribution is 2.10. The smallest absolute Gasteiger partial charge is 0.167 e. The molecule has 0 fully saturated rings. The predicted octanol–water partition coefficient (Wildman–Crippen LogP) is 1.78. The first-order chi connectivity index (χ1) is 7.65. The molecule has 1 N–H and O–H groups in total. The van der Waals surface area contributed by atoms with E-state index in [1.807, 2.05) is 4.68 Å². The van der Waals surface area contributed by atoms with Gasteiger partial charge in [-0.05, 0) is 42.7 Å². The molecule has 0 aliphatic rings. The van der Waals surface area contributed by atoms with E-state index in [1.165, 1.54) is 6.42 Å². The molecule has 1 aromatic heterocycles. The van der Waals surface area contributed by atoms with Crippen LogP contribution >= 0.6 is 0 Å². The first-order valence-corrected chi connectivity index (χ1v) is 6.14. The topological polar surface area (TPSA) is 55.6 Å². The summed E-state index contributed by atoms with van der Waals surface area (Å²) >= 11 is 0. The number of tetrazole rings is 1. The molecular weight excluding hydrogens is 202 g/mol. The van der Waals surface area contributed by atoms with Gasteiger partial charge in [0.25, 0.3) is 0 Å². The predicted molar refractivity (Wildman–Crippen MR) is 64.0 cm³/mol. The van der Waals surface area contributed by atoms with E-state index >= 15 is 0 Å². The Kier molecular flexibility index (Phi) is 5.38. The van der Waals surface area contributed by atoms with Crippen LogP contribution in [0.1, 0.15) is 52.4 Å². The Morgan fingerprint density at radius 1 is 1.31 bits per heavy atom. The van der Waals surface area contributed by atoms with Gasteiger partial charge in [-0.25, -0.2) is 4.68 Å². The zero-order valence-corrected chi connectivity index (χ0v) is 10.8. The van der Waals surface area contributed by atoms with Crippen molar-refractivity contribution in [2.75, 3.05) is 6.54 Å². The van der Waals surface area contributed by atoms with E-state index in [0.717, 1.165) is 31.3 Å². The van der Waals surface area contributed by atoms with Crippen molar-refractivity contribution in [2.24, 2.45) is 5.92 Å². The first kappa shape index (κ1) is 13.1. The van der Waals surface area contributed by atoms with Crippen molar-refractivity contribution in [3.8, 4) is 0 Å². The van der Waals surface area contributed by atoms with Gasteiger partial charge in [0.2, 0.25) is 0 Å². The van der Waals surface area contributed by atoms with Crippen molar-refractivity contribution >= 4 is 0 Å². The highest BCUT2D eigenvalue weighted by Gasteiger charge is 2.12. The van der Waals surface area contributed by atoms with E-state index in [0.29, 0.717) is 0 Å². The first-order valence-electron chi connectivity index (χ1n) is 6.14. The van der Waals surface area contributed by atoms with E-state index in [-0.39, 0.29) is 6.04 Å². The summed E-state index contributed by atoms with van der Waals surface area (Å²) in [6.45, 7) is 10.5. The number of hydrogen-bond donors (Lipinski definition) is 1. The van der Waals surface area contributed by atoms with Crippen molar-refractivity contribution in [1.29, 1.82) is 0 Å². The number of hydrogen-bond acceptors (Lipinski definition) is 4. The van der Waals surface area contributed by atoms with Gasteiger partial charge < -0.3 is 5.32 Å². The van der Waals surface area contributed by atoms with Gasteiger partial charge in [-0.15, -0.1) is 5.10 Å². The van der Waals surface area contributed by atoms with Gasteiger partial charge >= 0.3 is 0 Å². The van der Waals surface area contributed by atoms with E-state index < -0.39 is 0 Å². The van der Waals surface area contributed by atoms with E-state index in [2.05, 4.69) is 48.5 Å². The zero-order valence-electron chi connectivity index (χ0n) is 10.8. The fourth-order valence-electron chi connectivity index (χ4n) is 1.73. The Bertz CT molecular complexity index is 294. The van der Waals surface area contributed by atoms with Crippen LogP contribution in [0.15, 0.2) is 0 Å². The summed E-state index contributed by atoms with van der Waals surface area (Å²) in [5.74, 6) is 1.68. The van der Waals surface area contributed by atoms with Crippen LogP contribution in [0.25, 0.3) is 0 Å². The maximum Gasteiger partial charge on any atom is 0.167 e. The third kappa shape index (κ3) is 3.89. The number of aromatic nitrogens is 4.